The molecule has 1 spiro atoms. The maximum absolute atomic E-state index is 13.7. The summed E-state index contributed by atoms with van der Waals surface area (Å²) in [6, 6.07) is 12.1. The van der Waals surface area contributed by atoms with Gasteiger partial charge in [-0.1, -0.05) is 23.4 Å². The highest BCUT2D eigenvalue weighted by Gasteiger charge is 2.55. The number of ether oxygens (including phenoxy) is 1. The van der Waals surface area contributed by atoms with Gasteiger partial charge < -0.3 is 19.0 Å². The van der Waals surface area contributed by atoms with Crippen molar-refractivity contribution < 1.29 is 22.4 Å². The minimum Gasteiger partial charge on any atom is -0.495 e. The Morgan fingerprint density at radius 2 is 1.97 bits per heavy atom. The second-order valence-corrected chi connectivity index (χ2v) is 12.8. The fourth-order valence-corrected chi connectivity index (χ4v) is 8.01. The van der Waals surface area contributed by atoms with E-state index < -0.39 is 21.0 Å². The van der Waals surface area contributed by atoms with Crippen molar-refractivity contribution >= 4 is 21.7 Å². The molecule has 2 fully saturated rings. The van der Waals surface area contributed by atoms with Crippen LogP contribution in [0.2, 0.25) is 0 Å². The number of oxime groups is 1. The number of halogens is 1. The van der Waals surface area contributed by atoms with E-state index in [-0.39, 0.29) is 17.3 Å². The van der Waals surface area contributed by atoms with Crippen LogP contribution in [0.5, 0.6) is 5.75 Å². The van der Waals surface area contributed by atoms with Gasteiger partial charge in [-0.3, -0.25) is 0 Å². The Morgan fingerprint density at radius 3 is 2.63 bits per heavy atom. The first-order valence-corrected chi connectivity index (χ1v) is 14.3. The van der Waals surface area contributed by atoms with E-state index in [1.165, 1.54) is 12.1 Å². The number of piperidine rings is 1. The number of rotatable bonds is 4. The van der Waals surface area contributed by atoms with Crippen molar-refractivity contribution in [3.63, 3.8) is 0 Å². The third kappa shape index (κ3) is 4.16. The number of amidine groups is 1. The second-order valence-electron chi connectivity index (χ2n) is 10.6. The summed E-state index contributed by atoms with van der Waals surface area (Å²) in [4.78, 5) is 12.4. The summed E-state index contributed by atoms with van der Waals surface area (Å²) in [6.45, 7) is 4.31. The lowest BCUT2D eigenvalue weighted by Crippen LogP contribution is -2.54. The molecular formula is C28H29FN4O4S. The van der Waals surface area contributed by atoms with Crippen LogP contribution in [0.1, 0.15) is 36.6 Å². The quantitative estimate of drug-likeness (QED) is 0.490. The van der Waals surface area contributed by atoms with Gasteiger partial charge in [0.2, 0.25) is 5.72 Å². The fourth-order valence-electron chi connectivity index (χ4n) is 5.85. The Bertz CT molecular complexity index is 1580. The molecule has 3 aromatic rings. The Labute approximate surface area is 221 Å². The molecule has 4 heterocycles. The van der Waals surface area contributed by atoms with Gasteiger partial charge in [-0.05, 0) is 61.2 Å². The molecule has 2 aromatic carbocycles. The van der Waals surface area contributed by atoms with Gasteiger partial charge >= 0.3 is 0 Å². The molecule has 0 aliphatic carbocycles. The molecule has 0 bridgehead atoms. The number of imidazole rings is 1. The van der Waals surface area contributed by atoms with Crippen molar-refractivity contribution in [2.75, 3.05) is 25.2 Å². The third-order valence-corrected chi connectivity index (χ3v) is 9.69. The molecule has 1 aromatic heterocycles. The van der Waals surface area contributed by atoms with E-state index in [0.717, 1.165) is 28.1 Å². The van der Waals surface area contributed by atoms with Gasteiger partial charge in [0, 0.05) is 30.6 Å². The number of nitrogens with zero attached hydrogens (tertiary/aromatic N) is 4. The first kappa shape index (κ1) is 24.7. The second kappa shape index (κ2) is 8.69. The van der Waals surface area contributed by atoms with Crippen LogP contribution in [-0.2, 0) is 20.4 Å². The van der Waals surface area contributed by atoms with E-state index in [2.05, 4.69) is 10.1 Å². The molecule has 8 nitrogen and oxygen atoms in total. The lowest BCUT2D eigenvalue weighted by atomic mass is 9.75. The van der Waals surface area contributed by atoms with Crippen molar-refractivity contribution in [1.29, 1.82) is 0 Å². The summed E-state index contributed by atoms with van der Waals surface area (Å²) in [5.41, 5.74) is 2.86. The fraction of sp³-hybridized carbons (Fsp3) is 0.357. The lowest BCUT2D eigenvalue weighted by Gasteiger charge is -2.45. The smallest absolute Gasteiger partial charge is 0.234 e. The summed E-state index contributed by atoms with van der Waals surface area (Å²) in [7, 11) is -1.52. The largest absolute Gasteiger partial charge is 0.495 e. The van der Waals surface area contributed by atoms with Crippen molar-refractivity contribution in [1.82, 2.24) is 14.5 Å². The summed E-state index contributed by atoms with van der Waals surface area (Å²) < 4.78 is 46.5. The monoisotopic (exact) mass is 536 g/mol. The van der Waals surface area contributed by atoms with Gasteiger partial charge in [-0.15, -0.1) is 0 Å². The first-order chi connectivity index (χ1) is 18.1. The van der Waals surface area contributed by atoms with E-state index in [9.17, 15) is 12.8 Å². The van der Waals surface area contributed by atoms with Crippen LogP contribution in [0.25, 0.3) is 11.8 Å². The Balaban J connectivity index is 1.41. The normalized spacial score (nSPS) is 26.9. The summed E-state index contributed by atoms with van der Waals surface area (Å²) in [5.74, 6) is 1.30. The number of methoxy groups -OCH3 is 1. The maximum atomic E-state index is 13.7. The van der Waals surface area contributed by atoms with Crippen molar-refractivity contribution in [2.45, 2.75) is 32.4 Å². The molecule has 0 radical (unpaired) electrons. The predicted octanol–water partition coefficient (Wildman–Crippen LogP) is 4.44. The molecule has 2 atom stereocenters. The summed E-state index contributed by atoms with van der Waals surface area (Å²) in [5, 5.41) is 4.48. The summed E-state index contributed by atoms with van der Waals surface area (Å²) in [6.07, 6.45) is 6.84. The van der Waals surface area contributed by atoms with Crippen LogP contribution < -0.4 is 4.74 Å². The van der Waals surface area contributed by atoms with Crippen LogP contribution in [0.4, 0.5) is 4.39 Å². The average Bonchev–Trinajstić information content (AvgIpc) is 3.55. The van der Waals surface area contributed by atoms with Crippen molar-refractivity contribution in [3.8, 4) is 11.4 Å². The highest BCUT2D eigenvalue weighted by Crippen LogP contribution is 2.49. The lowest BCUT2D eigenvalue weighted by molar-refractivity contribution is -0.101. The zero-order valence-electron chi connectivity index (χ0n) is 21.5. The van der Waals surface area contributed by atoms with Crippen LogP contribution in [0.15, 0.2) is 65.7 Å². The highest BCUT2D eigenvalue weighted by molar-refractivity contribution is 7.91. The highest BCUT2D eigenvalue weighted by atomic mass is 32.2. The molecule has 10 heteroatoms. The minimum atomic E-state index is -3.14. The molecule has 2 saturated heterocycles. The number of fused-ring (bicyclic) bond motifs is 1. The van der Waals surface area contributed by atoms with Crippen LogP contribution in [0.3, 0.4) is 0 Å². The minimum absolute atomic E-state index is 0.114. The van der Waals surface area contributed by atoms with Gasteiger partial charge in [-0.25, -0.2) is 17.8 Å². The number of hydrogen-bond donors (Lipinski definition) is 0. The molecule has 3 aliphatic heterocycles. The number of sulfone groups is 1. The number of aryl methyl sites for hydroxylation is 1. The van der Waals surface area contributed by atoms with Crippen LogP contribution in [-0.4, -0.2) is 53.9 Å². The third-order valence-electron chi connectivity index (χ3n) is 7.81. The van der Waals surface area contributed by atoms with Gasteiger partial charge in [0.15, 0.2) is 15.7 Å². The van der Waals surface area contributed by atoms with Crippen LogP contribution in [0, 0.1) is 18.2 Å². The van der Waals surface area contributed by atoms with Gasteiger partial charge in [0.25, 0.3) is 0 Å². The van der Waals surface area contributed by atoms with E-state index in [4.69, 9.17) is 9.57 Å². The van der Waals surface area contributed by atoms with E-state index in [1.54, 1.807) is 25.6 Å². The van der Waals surface area contributed by atoms with Gasteiger partial charge in [0.1, 0.15) is 11.6 Å². The average molecular weight is 537 g/mol. The molecular weight excluding hydrogens is 507 g/mol. The zero-order chi connectivity index (χ0) is 26.7. The SMILES string of the molecule is COc1cc(/C=C2\CC3(CCS(=O)(=O)C3)CN3C2=NOC3(C)c2ccc(F)cc2)ccc1-n1cnc(C)c1. The van der Waals surface area contributed by atoms with Crippen molar-refractivity contribution in [3.05, 3.63) is 83.2 Å². The van der Waals surface area contributed by atoms with Crippen molar-refractivity contribution in [2.24, 2.45) is 10.6 Å². The van der Waals surface area contributed by atoms with E-state index in [0.29, 0.717) is 31.0 Å². The molecule has 198 valence electrons. The van der Waals surface area contributed by atoms with E-state index in [1.807, 2.05) is 53.8 Å². The zero-order valence-corrected chi connectivity index (χ0v) is 22.3. The molecule has 6 rings (SSSR count). The predicted molar refractivity (Wildman–Crippen MR) is 142 cm³/mol. The molecule has 0 N–H and O–H groups in total. The Morgan fingerprint density at radius 1 is 1.18 bits per heavy atom. The van der Waals surface area contributed by atoms with Gasteiger partial charge in [-0.2, -0.15) is 0 Å². The Kier molecular flexibility index (Phi) is 5.64. The Hall–Kier alpha value is -3.66. The molecule has 3 aliphatic rings. The molecule has 38 heavy (non-hydrogen) atoms. The van der Waals surface area contributed by atoms with Gasteiger partial charge in [0.05, 0.1) is 36.3 Å². The number of aromatic nitrogens is 2. The molecule has 2 unspecified atom stereocenters. The molecule has 0 saturated carbocycles. The number of benzene rings is 2. The standard InChI is InChI=1S/C28H29FN4O4S/c1-19-15-32(18-30-19)24-9-4-20(13-25(24)36-3)12-21-14-28(10-11-38(34,35)17-28)16-33-26(21)31-37-27(33,2)22-5-7-23(29)8-6-22/h4-9,12-13,15,18H,10-11,14,16-17H2,1-3H3/b21-12+. The maximum Gasteiger partial charge on any atom is 0.234 e. The topological polar surface area (TPSA) is 86.0 Å². The van der Waals surface area contributed by atoms with E-state index >= 15 is 0 Å². The number of hydrogen-bond acceptors (Lipinski definition) is 7. The summed E-state index contributed by atoms with van der Waals surface area (Å²) >= 11 is 0. The van der Waals surface area contributed by atoms with Crippen LogP contribution >= 0.6 is 0 Å². The molecule has 0 amide bonds. The first-order valence-electron chi connectivity index (χ1n) is 12.5.